The number of aliphatic imine (C=N–C) groups is 1. The van der Waals surface area contributed by atoms with E-state index in [1.807, 2.05) is 32.0 Å². The average molecular weight is 477 g/mol. The van der Waals surface area contributed by atoms with Crippen LogP contribution >= 0.6 is 35.3 Å². The van der Waals surface area contributed by atoms with Gasteiger partial charge in [-0.25, -0.2) is 4.98 Å². The summed E-state index contributed by atoms with van der Waals surface area (Å²) in [6, 6.07) is 8.16. The normalized spacial score (nSPS) is 11.9. The van der Waals surface area contributed by atoms with E-state index in [-0.39, 0.29) is 29.6 Å². The van der Waals surface area contributed by atoms with Crippen LogP contribution in [0.2, 0.25) is 0 Å². The van der Waals surface area contributed by atoms with Gasteiger partial charge in [-0.3, -0.25) is 4.99 Å². The first-order valence-electron chi connectivity index (χ1n) is 8.21. The van der Waals surface area contributed by atoms with E-state index in [0.717, 1.165) is 36.2 Å². The minimum absolute atomic E-state index is 0. The molecule has 6 nitrogen and oxygen atoms in total. The van der Waals surface area contributed by atoms with Gasteiger partial charge in [0.15, 0.2) is 11.1 Å². The predicted octanol–water partition coefficient (Wildman–Crippen LogP) is 3.31. The smallest absolute Gasteiger partial charge is 0.191 e. The Morgan fingerprint density at radius 2 is 2.00 bits per heavy atom. The number of hydrogen-bond donors (Lipinski definition) is 3. The summed E-state index contributed by atoms with van der Waals surface area (Å²) in [4.78, 5) is 9.13. The third-order valence-corrected chi connectivity index (χ3v) is 4.50. The second kappa shape index (κ2) is 10.8. The fourth-order valence-corrected chi connectivity index (χ4v) is 2.87. The molecule has 1 aromatic carbocycles. The van der Waals surface area contributed by atoms with Crippen LogP contribution in [0.25, 0.3) is 10.2 Å². The monoisotopic (exact) mass is 477 g/mol. The molecule has 2 aromatic rings. The first-order chi connectivity index (χ1) is 11.5. The maximum Gasteiger partial charge on any atom is 0.191 e. The molecule has 0 radical (unpaired) electrons. The van der Waals surface area contributed by atoms with E-state index in [2.05, 4.69) is 38.9 Å². The SMILES string of the molecule is CCNC(=NCC(C)(C)OC)NCCNc1nc2ccccc2s1.I. The Morgan fingerprint density at radius 1 is 1.24 bits per heavy atom. The molecule has 0 aliphatic carbocycles. The van der Waals surface area contributed by atoms with Crippen molar-refractivity contribution in [2.45, 2.75) is 26.4 Å². The van der Waals surface area contributed by atoms with Crippen molar-refractivity contribution < 1.29 is 4.74 Å². The van der Waals surface area contributed by atoms with Gasteiger partial charge in [0, 0.05) is 26.7 Å². The molecule has 1 aromatic heterocycles. The average Bonchev–Trinajstić information content (AvgIpc) is 2.99. The van der Waals surface area contributed by atoms with Crippen molar-refractivity contribution in [3.05, 3.63) is 24.3 Å². The van der Waals surface area contributed by atoms with E-state index < -0.39 is 0 Å². The van der Waals surface area contributed by atoms with Crippen LogP contribution in [0.3, 0.4) is 0 Å². The highest BCUT2D eigenvalue weighted by molar-refractivity contribution is 14.0. The van der Waals surface area contributed by atoms with Crippen LogP contribution in [-0.2, 0) is 4.74 Å². The Kier molecular flexibility index (Phi) is 9.44. The Balaban J connectivity index is 0.00000312. The number of anilines is 1. The zero-order valence-corrected chi connectivity index (χ0v) is 18.4. The molecule has 0 amide bonds. The van der Waals surface area contributed by atoms with Gasteiger partial charge >= 0.3 is 0 Å². The maximum absolute atomic E-state index is 5.40. The predicted molar refractivity (Wildman–Crippen MR) is 119 cm³/mol. The first-order valence-corrected chi connectivity index (χ1v) is 9.02. The largest absolute Gasteiger partial charge is 0.377 e. The molecule has 25 heavy (non-hydrogen) atoms. The number of halogens is 1. The number of guanidine groups is 1. The number of para-hydroxylation sites is 1. The molecular formula is C17H28IN5OS. The highest BCUT2D eigenvalue weighted by Gasteiger charge is 2.15. The van der Waals surface area contributed by atoms with Crippen LogP contribution in [0, 0.1) is 0 Å². The number of nitrogens with one attached hydrogen (secondary N) is 3. The van der Waals surface area contributed by atoms with Crippen molar-refractivity contribution in [3.8, 4) is 0 Å². The lowest BCUT2D eigenvalue weighted by atomic mass is 10.1. The molecule has 3 N–H and O–H groups in total. The number of thiazole rings is 1. The molecular weight excluding hydrogens is 449 g/mol. The van der Waals surface area contributed by atoms with Crippen LogP contribution in [0.4, 0.5) is 5.13 Å². The van der Waals surface area contributed by atoms with Gasteiger partial charge in [0.05, 0.1) is 22.4 Å². The molecule has 0 spiro atoms. The summed E-state index contributed by atoms with van der Waals surface area (Å²) < 4.78 is 6.60. The fourth-order valence-electron chi connectivity index (χ4n) is 1.97. The lowest BCUT2D eigenvalue weighted by Gasteiger charge is -2.21. The topological polar surface area (TPSA) is 70.6 Å². The number of aromatic nitrogens is 1. The summed E-state index contributed by atoms with van der Waals surface area (Å²) in [5.41, 5.74) is 0.774. The van der Waals surface area contributed by atoms with Crippen molar-refractivity contribution in [3.63, 3.8) is 0 Å². The molecule has 8 heteroatoms. The zero-order chi connectivity index (χ0) is 17.4. The van der Waals surface area contributed by atoms with Gasteiger partial charge in [-0.2, -0.15) is 0 Å². The van der Waals surface area contributed by atoms with Gasteiger partial charge < -0.3 is 20.7 Å². The molecule has 0 saturated heterocycles. The number of ether oxygens (including phenoxy) is 1. The minimum atomic E-state index is -0.262. The van der Waals surface area contributed by atoms with E-state index in [1.54, 1.807) is 18.4 Å². The van der Waals surface area contributed by atoms with Gasteiger partial charge in [0.2, 0.25) is 0 Å². The third kappa shape index (κ3) is 7.33. The highest BCUT2D eigenvalue weighted by atomic mass is 127. The molecule has 0 saturated carbocycles. The number of rotatable bonds is 8. The Hall–Kier alpha value is -1.13. The summed E-state index contributed by atoms with van der Waals surface area (Å²) in [5.74, 6) is 0.800. The van der Waals surface area contributed by atoms with Gasteiger partial charge in [-0.05, 0) is 32.9 Å². The molecule has 1 heterocycles. The maximum atomic E-state index is 5.40. The number of benzene rings is 1. The Labute approximate surface area is 170 Å². The van der Waals surface area contributed by atoms with Crippen LogP contribution in [0.1, 0.15) is 20.8 Å². The van der Waals surface area contributed by atoms with Gasteiger partial charge in [-0.1, -0.05) is 23.5 Å². The van der Waals surface area contributed by atoms with E-state index in [0.29, 0.717) is 6.54 Å². The summed E-state index contributed by atoms with van der Waals surface area (Å²) in [5, 5.41) is 10.9. The lowest BCUT2D eigenvalue weighted by molar-refractivity contribution is 0.0311. The molecule has 0 atom stereocenters. The molecule has 0 unspecified atom stereocenters. The molecule has 0 aliphatic rings. The summed E-state index contributed by atoms with van der Waals surface area (Å²) in [6.07, 6.45) is 0. The van der Waals surface area contributed by atoms with Crippen molar-refractivity contribution in [2.75, 3.05) is 38.6 Å². The van der Waals surface area contributed by atoms with Crippen molar-refractivity contribution in [1.29, 1.82) is 0 Å². The van der Waals surface area contributed by atoms with Crippen LogP contribution in [0.15, 0.2) is 29.3 Å². The first kappa shape index (κ1) is 21.9. The van der Waals surface area contributed by atoms with E-state index in [4.69, 9.17) is 4.74 Å². The summed E-state index contributed by atoms with van der Waals surface area (Å²) >= 11 is 1.67. The number of hydrogen-bond acceptors (Lipinski definition) is 5. The lowest BCUT2D eigenvalue weighted by Crippen LogP contribution is -2.41. The number of methoxy groups -OCH3 is 1. The van der Waals surface area contributed by atoms with Crippen LogP contribution in [-0.4, -0.2) is 49.8 Å². The second-order valence-corrected chi connectivity index (χ2v) is 7.03. The molecule has 0 aliphatic heterocycles. The van der Waals surface area contributed by atoms with Crippen LogP contribution < -0.4 is 16.0 Å². The number of fused-ring (bicyclic) bond motifs is 1. The van der Waals surface area contributed by atoms with Crippen molar-refractivity contribution in [1.82, 2.24) is 15.6 Å². The number of nitrogens with zero attached hydrogens (tertiary/aromatic N) is 2. The van der Waals surface area contributed by atoms with E-state index in [1.165, 1.54) is 4.70 Å². The van der Waals surface area contributed by atoms with E-state index in [9.17, 15) is 0 Å². The molecule has 0 fully saturated rings. The zero-order valence-electron chi connectivity index (χ0n) is 15.3. The van der Waals surface area contributed by atoms with Crippen LogP contribution in [0.5, 0.6) is 0 Å². The Morgan fingerprint density at radius 3 is 2.68 bits per heavy atom. The minimum Gasteiger partial charge on any atom is -0.377 e. The van der Waals surface area contributed by atoms with E-state index >= 15 is 0 Å². The van der Waals surface area contributed by atoms with Crippen molar-refractivity contribution in [2.24, 2.45) is 4.99 Å². The van der Waals surface area contributed by atoms with Gasteiger partial charge in [-0.15, -0.1) is 24.0 Å². The second-order valence-electron chi connectivity index (χ2n) is 6.00. The third-order valence-electron chi connectivity index (χ3n) is 3.50. The summed E-state index contributed by atoms with van der Waals surface area (Å²) in [7, 11) is 1.71. The van der Waals surface area contributed by atoms with Gasteiger partial charge in [0.25, 0.3) is 0 Å². The summed E-state index contributed by atoms with van der Waals surface area (Å²) in [6.45, 7) is 9.06. The fraction of sp³-hybridized carbons (Fsp3) is 0.529. The molecule has 140 valence electrons. The standard InChI is InChI=1S/C17H27N5OS.HI/c1-5-18-15(21-12-17(2,3)23-4)19-10-11-20-16-22-13-8-6-7-9-14(13)24-16;/h6-9H,5,10-12H2,1-4H3,(H,20,22)(H2,18,19,21);1H. The molecule has 2 rings (SSSR count). The molecule has 0 bridgehead atoms. The Bertz CT molecular complexity index is 641. The highest BCUT2D eigenvalue weighted by Crippen LogP contribution is 2.24. The quantitative estimate of drug-likeness (QED) is 0.236. The van der Waals surface area contributed by atoms with Gasteiger partial charge in [0.1, 0.15) is 0 Å². The van der Waals surface area contributed by atoms with Crippen molar-refractivity contribution >= 4 is 56.6 Å².